The predicted molar refractivity (Wildman–Crippen MR) is 73.1 cm³/mol. The van der Waals surface area contributed by atoms with Crippen LogP contribution in [0.3, 0.4) is 0 Å². The summed E-state index contributed by atoms with van der Waals surface area (Å²) in [7, 11) is 0. The number of imidazole rings is 1. The summed E-state index contributed by atoms with van der Waals surface area (Å²) in [5.74, 6) is 0.593. The lowest BCUT2D eigenvalue weighted by atomic mass is 9.75. The van der Waals surface area contributed by atoms with Gasteiger partial charge in [0.1, 0.15) is 5.52 Å². The molecular weight excluding hydrogens is 224 g/mol. The minimum absolute atomic E-state index is 0.345. The molecule has 4 heteroatoms. The van der Waals surface area contributed by atoms with Crippen LogP contribution < -0.4 is 5.73 Å². The Labute approximate surface area is 107 Å². The Hall–Kier alpha value is -1.58. The third-order valence-corrected chi connectivity index (χ3v) is 4.13. The summed E-state index contributed by atoms with van der Waals surface area (Å²) in [5.41, 5.74) is 8.20. The molecule has 1 saturated carbocycles. The van der Waals surface area contributed by atoms with Crippen molar-refractivity contribution in [2.45, 2.75) is 45.6 Å². The minimum atomic E-state index is 0.345. The van der Waals surface area contributed by atoms with E-state index in [9.17, 15) is 0 Å². The van der Waals surface area contributed by atoms with E-state index in [1.54, 1.807) is 0 Å². The third-order valence-electron chi connectivity index (χ3n) is 4.13. The van der Waals surface area contributed by atoms with Crippen molar-refractivity contribution in [2.75, 3.05) is 5.73 Å². The monoisotopic (exact) mass is 244 g/mol. The lowest BCUT2D eigenvalue weighted by Crippen LogP contribution is -2.26. The zero-order valence-corrected chi connectivity index (χ0v) is 10.9. The van der Waals surface area contributed by atoms with Crippen LogP contribution >= 0.6 is 0 Å². The highest BCUT2D eigenvalue weighted by Gasteiger charge is 2.28. The highest BCUT2D eigenvalue weighted by molar-refractivity contribution is 5.73. The van der Waals surface area contributed by atoms with Gasteiger partial charge in [-0.3, -0.25) is 4.57 Å². The first kappa shape index (κ1) is 11.5. The highest BCUT2D eigenvalue weighted by Crippen LogP contribution is 2.38. The van der Waals surface area contributed by atoms with Crippen LogP contribution in [0.4, 0.5) is 5.95 Å². The minimum Gasteiger partial charge on any atom is -0.369 e. The number of hydrogen-bond acceptors (Lipinski definition) is 3. The van der Waals surface area contributed by atoms with Gasteiger partial charge >= 0.3 is 0 Å². The summed E-state index contributed by atoms with van der Waals surface area (Å²) in [5, 5.41) is 0. The first-order valence-corrected chi connectivity index (χ1v) is 6.75. The molecule has 2 aromatic heterocycles. The fraction of sp³-hybridized carbons (Fsp3) is 0.571. The van der Waals surface area contributed by atoms with Gasteiger partial charge in [0.15, 0.2) is 5.65 Å². The number of aromatic nitrogens is 3. The maximum atomic E-state index is 6.04. The summed E-state index contributed by atoms with van der Waals surface area (Å²) in [6.07, 6.45) is 8.39. The smallest absolute Gasteiger partial charge is 0.202 e. The number of nitrogen functional groups attached to an aromatic ring is 1. The van der Waals surface area contributed by atoms with Gasteiger partial charge in [0, 0.05) is 12.7 Å². The maximum absolute atomic E-state index is 6.04. The van der Waals surface area contributed by atoms with Gasteiger partial charge < -0.3 is 5.73 Å². The number of rotatable bonds is 2. The lowest BCUT2D eigenvalue weighted by molar-refractivity contribution is 0.186. The summed E-state index contributed by atoms with van der Waals surface area (Å²) >= 11 is 0. The van der Waals surface area contributed by atoms with Gasteiger partial charge in [0.25, 0.3) is 0 Å². The molecule has 0 spiro atoms. The number of nitrogens with zero attached hydrogens (tertiary/aromatic N) is 3. The van der Waals surface area contributed by atoms with Crippen LogP contribution in [0, 0.1) is 5.41 Å². The van der Waals surface area contributed by atoms with E-state index in [1.807, 2.05) is 18.3 Å². The average molecular weight is 244 g/mol. The number of nitrogens with two attached hydrogens (primary N) is 1. The molecule has 0 unspecified atom stereocenters. The Balaban J connectivity index is 1.96. The second-order valence-electron chi connectivity index (χ2n) is 5.77. The van der Waals surface area contributed by atoms with Crippen LogP contribution in [0.2, 0.25) is 0 Å². The fourth-order valence-electron chi connectivity index (χ4n) is 3.08. The van der Waals surface area contributed by atoms with E-state index in [-0.39, 0.29) is 0 Å². The largest absolute Gasteiger partial charge is 0.369 e. The van der Waals surface area contributed by atoms with E-state index in [4.69, 9.17) is 5.73 Å². The van der Waals surface area contributed by atoms with E-state index in [0.29, 0.717) is 11.4 Å². The zero-order chi connectivity index (χ0) is 12.6. The van der Waals surface area contributed by atoms with Gasteiger partial charge in [0.05, 0.1) is 0 Å². The molecule has 18 heavy (non-hydrogen) atoms. The molecule has 0 radical (unpaired) electrons. The molecule has 0 atom stereocenters. The van der Waals surface area contributed by atoms with E-state index in [0.717, 1.165) is 17.7 Å². The Morgan fingerprint density at radius 2 is 2.11 bits per heavy atom. The molecule has 0 saturated heterocycles. The molecule has 0 bridgehead atoms. The summed E-state index contributed by atoms with van der Waals surface area (Å²) in [6, 6.07) is 3.87. The SMILES string of the molecule is CC1(Cn2c(N)nc3cccnc32)CCCCC1. The molecule has 1 fully saturated rings. The Bertz CT molecular complexity index is 552. The fourth-order valence-corrected chi connectivity index (χ4v) is 3.08. The number of fused-ring (bicyclic) bond motifs is 1. The zero-order valence-electron chi connectivity index (χ0n) is 10.9. The molecule has 4 nitrogen and oxygen atoms in total. The number of hydrogen-bond donors (Lipinski definition) is 1. The molecule has 3 rings (SSSR count). The molecule has 2 heterocycles. The van der Waals surface area contributed by atoms with Gasteiger partial charge in [-0.05, 0) is 30.4 Å². The number of anilines is 1. The van der Waals surface area contributed by atoms with Crippen molar-refractivity contribution in [3.8, 4) is 0 Å². The molecule has 0 aliphatic heterocycles. The number of pyridine rings is 1. The van der Waals surface area contributed by atoms with Crippen LogP contribution in [0.1, 0.15) is 39.0 Å². The maximum Gasteiger partial charge on any atom is 0.202 e. The van der Waals surface area contributed by atoms with Crippen molar-refractivity contribution >= 4 is 17.1 Å². The summed E-state index contributed by atoms with van der Waals surface area (Å²) in [4.78, 5) is 8.81. The van der Waals surface area contributed by atoms with Crippen molar-refractivity contribution in [3.05, 3.63) is 18.3 Å². The summed E-state index contributed by atoms with van der Waals surface area (Å²) < 4.78 is 2.08. The third kappa shape index (κ3) is 1.96. The molecular formula is C14H20N4. The molecule has 0 amide bonds. The van der Waals surface area contributed by atoms with Gasteiger partial charge in [-0.2, -0.15) is 0 Å². The Kier molecular flexibility index (Phi) is 2.73. The molecule has 1 aliphatic carbocycles. The predicted octanol–water partition coefficient (Wildman–Crippen LogP) is 2.98. The van der Waals surface area contributed by atoms with Gasteiger partial charge in [-0.25, -0.2) is 9.97 Å². The van der Waals surface area contributed by atoms with Crippen LogP contribution in [-0.4, -0.2) is 14.5 Å². The molecule has 0 aromatic carbocycles. The van der Waals surface area contributed by atoms with Crippen LogP contribution in [0.5, 0.6) is 0 Å². The van der Waals surface area contributed by atoms with Crippen molar-refractivity contribution < 1.29 is 0 Å². The molecule has 96 valence electrons. The van der Waals surface area contributed by atoms with Crippen molar-refractivity contribution in [1.29, 1.82) is 0 Å². The summed E-state index contributed by atoms with van der Waals surface area (Å²) in [6.45, 7) is 3.30. The Morgan fingerprint density at radius 3 is 2.89 bits per heavy atom. The van der Waals surface area contributed by atoms with Crippen LogP contribution in [-0.2, 0) is 6.54 Å². The van der Waals surface area contributed by atoms with E-state index in [2.05, 4.69) is 21.5 Å². The van der Waals surface area contributed by atoms with Gasteiger partial charge in [0.2, 0.25) is 5.95 Å². The molecule has 1 aliphatic rings. The second kappa shape index (κ2) is 4.26. The normalized spacial score (nSPS) is 19.2. The molecule has 2 aromatic rings. The second-order valence-corrected chi connectivity index (χ2v) is 5.77. The van der Waals surface area contributed by atoms with E-state index < -0.39 is 0 Å². The van der Waals surface area contributed by atoms with E-state index in [1.165, 1.54) is 32.1 Å². The lowest BCUT2D eigenvalue weighted by Gasteiger charge is -2.34. The van der Waals surface area contributed by atoms with Gasteiger partial charge in [-0.15, -0.1) is 0 Å². The van der Waals surface area contributed by atoms with Crippen LogP contribution in [0.25, 0.3) is 11.2 Å². The van der Waals surface area contributed by atoms with Crippen molar-refractivity contribution in [3.63, 3.8) is 0 Å². The highest BCUT2D eigenvalue weighted by atomic mass is 15.2. The topological polar surface area (TPSA) is 56.7 Å². The van der Waals surface area contributed by atoms with Crippen molar-refractivity contribution in [1.82, 2.24) is 14.5 Å². The molecule has 2 N–H and O–H groups in total. The standard InChI is InChI=1S/C14H20N4/c1-14(7-3-2-4-8-14)10-18-12-11(17-13(18)15)6-5-9-16-12/h5-6,9H,2-4,7-8,10H2,1H3,(H2,15,17). The first-order valence-electron chi connectivity index (χ1n) is 6.75. The van der Waals surface area contributed by atoms with Gasteiger partial charge in [-0.1, -0.05) is 26.2 Å². The first-order chi connectivity index (χ1) is 8.68. The Morgan fingerprint density at radius 1 is 1.33 bits per heavy atom. The van der Waals surface area contributed by atoms with Crippen LogP contribution in [0.15, 0.2) is 18.3 Å². The average Bonchev–Trinajstić information content (AvgIpc) is 2.67. The van der Waals surface area contributed by atoms with Crippen molar-refractivity contribution in [2.24, 2.45) is 5.41 Å². The quantitative estimate of drug-likeness (QED) is 0.883. The van der Waals surface area contributed by atoms with E-state index >= 15 is 0 Å².